The van der Waals surface area contributed by atoms with E-state index in [2.05, 4.69) is 170 Å². The highest BCUT2D eigenvalue weighted by Gasteiger charge is 2.59. The molecule has 0 heterocycles. The largest absolute Gasteiger partial charge is 0.0720 e. The van der Waals surface area contributed by atoms with Gasteiger partial charge in [0.15, 0.2) is 0 Å². The van der Waals surface area contributed by atoms with Gasteiger partial charge in [0.1, 0.15) is 0 Å². The van der Waals surface area contributed by atoms with E-state index in [0.29, 0.717) is 0 Å². The monoisotopic (exact) mass is 618 g/mol. The van der Waals surface area contributed by atoms with E-state index in [4.69, 9.17) is 0 Å². The smallest absolute Gasteiger partial charge is 0.0619 e. The van der Waals surface area contributed by atoms with E-state index in [1.165, 1.54) is 99.8 Å². The molecule has 49 heavy (non-hydrogen) atoms. The lowest BCUT2D eigenvalue weighted by molar-refractivity contribution is 0.632. The molecule has 4 aliphatic rings. The summed E-state index contributed by atoms with van der Waals surface area (Å²) in [6, 6.07) is 65.1. The maximum absolute atomic E-state index is 2.64. The molecule has 12 rings (SSSR count). The maximum Gasteiger partial charge on any atom is 0.0720 e. The van der Waals surface area contributed by atoms with Crippen LogP contribution in [0.15, 0.2) is 170 Å². The Labute approximate surface area is 286 Å². The average molecular weight is 619 g/mol. The van der Waals surface area contributed by atoms with Gasteiger partial charge in [-0.1, -0.05) is 164 Å². The molecule has 0 N–H and O–H groups in total. The standard InChI is InChI=1S/C49H30/c1-2-14-33-30(13-1)25-26-31-27-32-28-45-46(29-38(32)47(31)33)49(41-21-9-5-17-36(41)37-18-6-10-22-42(37)49)44-24-12-11-23-43(44)48(45)39-19-7-3-15-34(39)35-16-4-8-20-40(35)48/h1-26,28-29H,27H2. The van der Waals surface area contributed by atoms with Gasteiger partial charge >= 0.3 is 0 Å². The predicted molar refractivity (Wildman–Crippen MR) is 200 cm³/mol. The average Bonchev–Trinajstić information content (AvgIpc) is 3.79. The molecule has 0 heteroatoms. The third-order valence-electron chi connectivity index (χ3n) is 12.4. The zero-order chi connectivity index (χ0) is 31.9. The predicted octanol–water partition coefficient (Wildman–Crippen LogP) is 11.5. The first-order valence-electron chi connectivity index (χ1n) is 17.5. The van der Waals surface area contributed by atoms with Gasteiger partial charge in [-0.2, -0.15) is 0 Å². The second kappa shape index (κ2) is 8.92. The molecule has 0 nitrogen and oxygen atoms in total. The van der Waals surface area contributed by atoms with E-state index >= 15 is 0 Å². The molecule has 0 amide bonds. The fraction of sp³-hybridized carbons (Fsp3) is 0.0612. The Morgan fingerprint density at radius 2 is 0.735 bits per heavy atom. The third-order valence-corrected chi connectivity index (χ3v) is 12.4. The minimum atomic E-state index is -0.459. The third kappa shape index (κ3) is 2.87. The molecule has 0 radical (unpaired) electrons. The topological polar surface area (TPSA) is 0 Å². The SMILES string of the molecule is c1ccc2c(c1)-c1ccccc1C21c2ccccc2C2(c3ccccc3-c3ccccc32)c2cc3c(cc21)Cc1ccc2ccccc2c1-3. The summed E-state index contributed by atoms with van der Waals surface area (Å²) in [5.41, 5.74) is 21.3. The highest BCUT2D eigenvalue weighted by atomic mass is 14.6. The molecular formula is C49H30. The van der Waals surface area contributed by atoms with Crippen molar-refractivity contribution in [2.45, 2.75) is 17.3 Å². The summed E-state index contributed by atoms with van der Waals surface area (Å²) in [5.74, 6) is 0. The van der Waals surface area contributed by atoms with Crippen LogP contribution in [0, 0.1) is 0 Å². The van der Waals surface area contributed by atoms with Gasteiger partial charge in [-0.25, -0.2) is 0 Å². The van der Waals surface area contributed by atoms with E-state index in [-0.39, 0.29) is 0 Å². The lowest BCUT2D eigenvalue weighted by atomic mass is 9.52. The molecule has 0 saturated carbocycles. The van der Waals surface area contributed by atoms with Crippen molar-refractivity contribution < 1.29 is 0 Å². The molecule has 8 aromatic rings. The Balaban J connectivity index is 1.32. The molecule has 0 aliphatic heterocycles. The van der Waals surface area contributed by atoms with Crippen molar-refractivity contribution in [1.29, 1.82) is 0 Å². The van der Waals surface area contributed by atoms with Gasteiger partial charge in [0.2, 0.25) is 0 Å². The first-order valence-corrected chi connectivity index (χ1v) is 17.5. The Bertz CT molecular complexity index is 2670. The maximum atomic E-state index is 2.64. The van der Waals surface area contributed by atoms with Crippen molar-refractivity contribution in [2.75, 3.05) is 0 Å². The molecule has 2 spiro atoms. The zero-order valence-corrected chi connectivity index (χ0v) is 26.9. The van der Waals surface area contributed by atoms with Crippen molar-refractivity contribution in [3.63, 3.8) is 0 Å². The Morgan fingerprint density at radius 1 is 0.306 bits per heavy atom. The van der Waals surface area contributed by atoms with Crippen LogP contribution >= 0.6 is 0 Å². The molecular weight excluding hydrogens is 589 g/mol. The van der Waals surface area contributed by atoms with Crippen LogP contribution in [0.5, 0.6) is 0 Å². The van der Waals surface area contributed by atoms with Crippen LogP contribution in [-0.2, 0) is 17.3 Å². The van der Waals surface area contributed by atoms with Gasteiger partial charge in [0, 0.05) is 0 Å². The molecule has 0 atom stereocenters. The summed E-state index contributed by atoms with van der Waals surface area (Å²) in [7, 11) is 0. The summed E-state index contributed by atoms with van der Waals surface area (Å²) in [4.78, 5) is 0. The molecule has 0 unspecified atom stereocenters. The Morgan fingerprint density at radius 3 is 1.27 bits per heavy atom. The highest BCUT2D eigenvalue weighted by Crippen LogP contribution is 2.68. The van der Waals surface area contributed by atoms with Crippen LogP contribution in [0.4, 0.5) is 0 Å². The number of hydrogen-bond acceptors (Lipinski definition) is 0. The van der Waals surface area contributed by atoms with Gasteiger partial charge in [-0.05, 0) is 112 Å². The first kappa shape index (κ1) is 26.0. The van der Waals surface area contributed by atoms with Crippen molar-refractivity contribution in [1.82, 2.24) is 0 Å². The van der Waals surface area contributed by atoms with E-state index in [0.717, 1.165) is 6.42 Å². The normalized spacial score (nSPS) is 15.6. The second-order valence-electron chi connectivity index (χ2n) is 14.3. The Kier molecular flexibility index (Phi) is 4.74. The summed E-state index contributed by atoms with van der Waals surface area (Å²) in [5, 5.41) is 2.65. The zero-order valence-electron chi connectivity index (χ0n) is 26.9. The van der Waals surface area contributed by atoms with Crippen molar-refractivity contribution in [2.24, 2.45) is 0 Å². The lowest BCUT2D eigenvalue weighted by Crippen LogP contribution is -2.44. The number of rotatable bonds is 0. The van der Waals surface area contributed by atoms with Crippen LogP contribution in [-0.4, -0.2) is 0 Å². The number of fused-ring (bicyclic) bond motifs is 21. The van der Waals surface area contributed by atoms with Crippen LogP contribution in [0.2, 0.25) is 0 Å². The van der Waals surface area contributed by atoms with Gasteiger partial charge < -0.3 is 0 Å². The minimum Gasteiger partial charge on any atom is -0.0619 e. The van der Waals surface area contributed by atoms with Crippen LogP contribution in [0.3, 0.4) is 0 Å². The quantitative estimate of drug-likeness (QED) is 0.159. The van der Waals surface area contributed by atoms with E-state index < -0.39 is 10.8 Å². The van der Waals surface area contributed by atoms with Crippen molar-refractivity contribution in [3.8, 4) is 33.4 Å². The summed E-state index contributed by atoms with van der Waals surface area (Å²) in [6.07, 6.45) is 0.948. The molecule has 8 aromatic carbocycles. The summed E-state index contributed by atoms with van der Waals surface area (Å²) in [6.45, 7) is 0. The molecule has 0 saturated heterocycles. The van der Waals surface area contributed by atoms with E-state index in [1.54, 1.807) is 0 Å². The molecule has 0 bridgehead atoms. The number of benzene rings is 8. The van der Waals surface area contributed by atoms with Crippen molar-refractivity contribution >= 4 is 10.8 Å². The highest BCUT2D eigenvalue weighted by molar-refractivity contribution is 6.02. The summed E-state index contributed by atoms with van der Waals surface area (Å²) < 4.78 is 0. The Hall–Kier alpha value is -5.98. The fourth-order valence-electron chi connectivity index (χ4n) is 10.7. The van der Waals surface area contributed by atoms with Gasteiger partial charge in [-0.15, -0.1) is 0 Å². The van der Waals surface area contributed by atoms with Gasteiger partial charge in [0.25, 0.3) is 0 Å². The van der Waals surface area contributed by atoms with Crippen LogP contribution < -0.4 is 0 Å². The van der Waals surface area contributed by atoms with Crippen LogP contribution in [0.25, 0.3) is 44.2 Å². The van der Waals surface area contributed by atoms with Crippen molar-refractivity contribution in [3.05, 3.63) is 225 Å². The van der Waals surface area contributed by atoms with Crippen LogP contribution in [0.1, 0.15) is 55.6 Å². The van der Waals surface area contributed by atoms with E-state index in [1.807, 2.05) is 0 Å². The minimum absolute atomic E-state index is 0.442. The molecule has 4 aliphatic carbocycles. The summed E-state index contributed by atoms with van der Waals surface area (Å²) >= 11 is 0. The molecule has 0 fully saturated rings. The first-order chi connectivity index (χ1) is 24.3. The van der Waals surface area contributed by atoms with Gasteiger partial charge in [-0.3, -0.25) is 0 Å². The fourth-order valence-corrected chi connectivity index (χ4v) is 10.7. The molecule has 226 valence electrons. The number of hydrogen-bond donors (Lipinski definition) is 0. The second-order valence-corrected chi connectivity index (χ2v) is 14.3. The lowest BCUT2D eigenvalue weighted by Gasteiger charge is -2.49. The van der Waals surface area contributed by atoms with Gasteiger partial charge in [0.05, 0.1) is 10.8 Å². The van der Waals surface area contributed by atoms with E-state index in [9.17, 15) is 0 Å². The molecule has 0 aromatic heterocycles.